The number of nitrogens with two attached hydrogens (primary N) is 1. The zero-order valence-electron chi connectivity index (χ0n) is 9.86. The van der Waals surface area contributed by atoms with Gasteiger partial charge in [-0.3, -0.25) is 5.32 Å². The maximum Gasteiger partial charge on any atom is 0.317 e. The van der Waals surface area contributed by atoms with Gasteiger partial charge in [-0.25, -0.2) is 22.9 Å². The first-order valence-electron chi connectivity index (χ1n) is 5.30. The van der Waals surface area contributed by atoms with Crippen LogP contribution >= 0.6 is 0 Å². The van der Waals surface area contributed by atoms with Crippen LogP contribution in [0.2, 0.25) is 0 Å². The summed E-state index contributed by atoms with van der Waals surface area (Å²) in [6.07, 6.45) is 1.12. The number of urea groups is 1. The lowest BCUT2D eigenvalue weighted by Gasteiger charge is -2.08. The van der Waals surface area contributed by atoms with Crippen molar-refractivity contribution in [2.75, 3.05) is 5.32 Å². The number of benzene rings is 1. The SMILES string of the molecule is NC(=O)Nc1ccc(Oc2c(F)cc(F)cc2F)cn1. The quantitative estimate of drug-likeness (QED) is 0.909. The van der Waals surface area contributed by atoms with E-state index in [9.17, 15) is 18.0 Å². The second-order valence-electron chi connectivity index (χ2n) is 3.67. The monoisotopic (exact) mass is 283 g/mol. The highest BCUT2D eigenvalue weighted by Crippen LogP contribution is 2.28. The van der Waals surface area contributed by atoms with Crippen LogP contribution < -0.4 is 15.8 Å². The van der Waals surface area contributed by atoms with E-state index in [1.807, 2.05) is 0 Å². The first-order chi connectivity index (χ1) is 9.45. The lowest BCUT2D eigenvalue weighted by molar-refractivity contribution is 0.259. The molecular formula is C12H8F3N3O2. The zero-order chi connectivity index (χ0) is 14.7. The Bertz CT molecular complexity index is 624. The van der Waals surface area contributed by atoms with Crippen LogP contribution in [0.3, 0.4) is 0 Å². The van der Waals surface area contributed by atoms with Crippen molar-refractivity contribution in [2.24, 2.45) is 5.73 Å². The Labute approximate surface area is 111 Å². The zero-order valence-corrected chi connectivity index (χ0v) is 9.86. The Morgan fingerprint density at radius 2 is 1.85 bits per heavy atom. The van der Waals surface area contributed by atoms with E-state index in [1.165, 1.54) is 12.1 Å². The summed E-state index contributed by atoms with van der Waals surface area (Å²) in [5.74, 6) is -4.01. The Hall–Kier alpha value is -2.77. The van der Waals surface area contributed by atoms with E-state index in [1.54, 1.807) is 0 Å². The number of carbonyl (C=O) groups is 1. The van der Waals surface area contributed by atoms with Crippen LogP contribution in [-0.2, 0) is 0 Å². The first-order valence-corrected chi connectivity index (χ1v) is 5.30. The topological polar surface area (TPSA) is 77.2 Å². The molecule has 0 fully saturated rings. The summed E-state index contributed by atoms with van der Waals surface area (Å²) in [6.45, 7) is 0. The predicted molar refractivity (Wildman–Crippen MR) is 63.8 cm³/mol. The number of halogens is 3. The molecule has 1 aromatic heterocycles. The van der Waals surface area contributed by atoms with Gasteiger partial charge in [0.25, 0.3) is 0 Å². The molecule has 0 aliphatic carbocycles. The van der Waals surface area contributed by atoms with Gasteiger partial charge in [0.1, 0.15) is 17.4 Å². The van der Waals surface area contributed by atoms with Gasteiger partial charge in [0, 0.05) is 12.1 Å². The molecule has 0 spiro atoms. The van der Waals surface area contributed by atoms with Gasteiger partial charge in [-0.15, -0.1) is 0 Å². The molecule has 3 N–H and O–H groups in total. The van der Waals surface area contributed by atoms with Crippen LogP contribution in [0.4, 0.5) is 23.8 Å². The normalized spacial score (nSPS) is 10.2. The molecular weight excluding hydrogens is 275 g/mol. The number of ether oxygens (including phenoxy) is 1. The summed E-state index contributed by atoms with van der Waals surface area (Å²) >= 11 is 0. The molecule has 0 radical (unpaired) electrons. The maximum absolute atomic E-state index is 13.3. The molecule has 2 rings (SSSR count). The Morgan fingerprint density at radius 3 is 2.35 bits per heavy atom. The van der Waals surface area contributed by atoms with Crippen LogP contribution in [0.15, 0.2) is 30.5 Å². The van der Waals surface area contributed by atoms with Gasteiger partial charge in [0.05, 0.1) is 6.20 Å². The number of pyridine rings is 1. The van der Waals surface area contributed by atoms with Crippen LogP contribution in [0.1, 0.15) is 0 Å². The van der Waals surface area contributed by atoms with Gasteiger partial charge in [-0.05, 0) is 12.1 Å². The fourth-order valence-electron chi connectivity index (χ4n) is 1.39. The third-order valence-corrected chi connectivity index (χ3v) is 2.17. The van der Waals surface area contributed by atoms with Crippen molar-refractivity contribution < 1.29 is 22.7 Å². The fourth-order valence-corrected chi connectivity index (χ4v) is 1.39. The minimum atomic E-state index is -1.18. The predicted octanol–water partition coefficient (Wildman–Crippen LogP) is 2.78. The van der Waals surface area contributed by atoms with Crippen molar-refractivity contribution in [1.82, 2.24) is 4.98 Å². The van der Waals surface area contributed by atoms with Gasteiger partial charge < -0.3 is 10.5 Å². The minimum Gasteiger partial charge on any atom is -0.450 e. The molecule has 0 aliphatic heterocycles. The third-order valence-electron chi connectivity index (χ3n) is 2.17. The van der Waals surface area contributed by atoms with Crippen molar-refractivity contribution in [1.29, 1.82) is 0 Å². The van der Waals surface area contributed by atoms with E-state index < -0.39 is 29.2 Å². The first kappa shape index (κ1) is 13.7. The number of hydrogen-bond acceptors (Lipinski definition) is 3. The standard InChI is InChI=1S/C12H8F3N3O2/c13-6-3-8(14)11(9(15)4-6)20-7-1-2-10(17-5-7)18-12(16)19/h1-5H,(H3,16,17,18,19). The molecule has 5 nitrogen and oxygen atoms in total. The molecule has 0 bridgehead atoms. The van der Waals surface area contributed by atoms with Crippen molar-refractivity contribution in [3.8, 4) is 11.5 Å². The summed E-state index contributed by atoms with van der Waals surface area (Å²) in [4.78, 5) is 14.3. The molecule has 1 aromatic carbocycles. The van der Waals surface area contributed by atoms with Crippen LogP contribution in [0.5, 0.6) is 11.5 Å². The summed E-state index contributed by atoms with van der Waals surface area (Å²) in [5.41, 5.74) is 4.88. The fraction of sp³-hybridized carbons (Fsp3) is 0. The van der Waals surface area contributed by atoms with E-state index in [-0.39, 0.29) is 11.6 Å². The van der Waals surface area contributed by atoms with Crippen molar-refractivity contribution in [3.63, 3.8) is 0 Å². The highest BCUT2D eigenvalue weighted by atomic mass is 19.1. The Morgan fingerprint density at radius 1 is 1.20 bits per heavy atom. The van der Waals surface area contributed by atoms with E-state index >= 15 is 0 Å². The Kier molecular flexibility index (Phi) is 3.74. The number of rotatable bonds is 3. The summed E-state index contributed by atoms with van der Waals surface area (Å²) < 4.78 is 44.4. The molecule has 8 heteroatoms. The van der Waals surface area contributed by atoms with Crippen molar-refractivity contribution >= 4 is 11.8 Å². The average Bonchev–Trinajstić information content (AvgIpc) is 2.35. The van der Waals surface area contributed by atoms with Crippen LogP contribution in [0.25, 0.3) is 0 Å². The van der Waals surface area contributed by atoms with Gasteiger partial charge in [0.15, 0.2) is 17.4 Å². The highest BCUT2D eigenvalue weighted by molar-refractivity contribution is 5.86. The van der Waals surface area contributed by atoms with E-state index in [0.29, 0.717) is 12.1 Å². The van der Waals surface area contributed by atoms with Gasteiger partial charge >= 0.3 is 6.03 Å². The molecule has 0 saturated heterocycles. The summed E-state index contributed by atoms with van der Waals surface area (Å²) in [6, 6.07) is 2.81. The van der Waals surface area contributed by atoms with E-state index in [2.05, 4.69) is 10.3 Å². The molecule has 0 aliphatic rings. The second kappa shape index (κ2) is 5.47. The van der Waals surface area contributed by atoms with E-state index in [0.717, 1.165) is 6.20 Å². The summed E-state index contributed by atoms with van der Waals surface area (Å²) in [5, 5.41) is 2.20. The van der Waals surface area contributed by atoms with Crippen LogP contribution in [0, 0.1) is 17.5 Å². The maximum atomic E-state index is 13.3. The number of anilines is 1. The molecule has 104 valence electrons. The number of nitrogens with one attached hydrogen (secondary N) is 1. The number of carbonyl (C=O) groups excluding carboxylic acids is 1. The summed E-state index contributed by atoms with van der Waals surface area (Å²) in [7, 11) is 0. The average molecular weight is 283 g/mol. The Balaban J connectivity index is 2.20. The smallest absolute Gasteiger partial charge is 0.317 e. The molecule has 0 saturated carbocycles. The van der Waals surface area contributed by atoms with Gasteiger partial charge in [0.2, 0.25) is 0 Å². The third kappa shape index (κ3) is 3.16. The molecule has 0 unspecified atom stereocenters. The van der Waals surface area contributed by atoms with Crippen molar-refractivity contribution in [3.05, 3.63) is 47.9 Å². The molecule has 2 amide bonds. The molecule has 20 heavy (non-hydrogen) atoms. The van der Waals surface area contributed by atoms with Gasteiger partial charge in [-0.1, -0.05) is 0 Å². The van der Waals surface area contributed by atoms with Crippen molar-refractivity contribution in [2.45, 2.75) is 0 Å². The number of hydrogen-bond donors (Lipinski definition) is 2. The minimum absolute atomic E-state index is 0.00410. The lowest BCUT2D eigenvalue weighted by atomic mass is 10.3. The number of aromatic nitrogens is 1. The number of primary amides is 1. The van der Waals surface area contributed by atoms with E-state index in [4.69, 9.17) is 10.5 Å². The number of nitrogens with zero attached hydrogens (tertiary/aromatic N) is 1. The highest BCUT2D eigenvalue weighted by Gasteiger charge is 2.14. The molecule has 0 atom stereocenters. The second-order valence-corrected chi connectivity index (χ2v) is 3.67. The molecule has 1 heterocycles. The van der Waals surface area contributed by atoms with Gasteiger partial charge in [-0.2, -0.15) is 0 Å². The molecule has 2 aromatic rings. The number of amides is 2. The van der Waals surface area contributed by atoms with Crippen LogP contribution in [-0.4, -0.2) is 11.0 Å². The lowest BCUT2D eigenvalue weighted by Crippen LogP contribution is -2.19. The largest absolute Gasteiger partial charge is 0.450 e.